The molecule has 4 N–H and O–H groups in total. The number of nitrogens with two attached hydrogens (primary N) is 1. The number of H-pyrrole nitrogens is 1. The number of aromatic nitrogens is 2. The van der Waals surface area contributed by atoms with E-state index in [1.807, 2.05) is 6.92 Å². The molecule has 19 heavy (non-hydrogen) atoms. The second-order valence-electron chi connectivity index (χ2n) is 4.80. The van der Waals surface area contributed by atoms with E-state index in [1.165, 1.54) is 19.0 Å². The first-order valence-electron chi connectivity index (χ1n) is 6.76. The van der Waals surface area contributed by atoms with E-state index in [2.05, 4.69) is 21.8 Å². The molecule has 0 aromatic carbocycles. The Morgan fingerprint density at radius 1 is 1.42 bits per heavy atom. The monoisotopic (exact) mass is 288 g/mol. The van der Waals surface area contributed by atoms with Gasteiger partial charge in [0.15, 0.2) is 5.03 Å². The van der Waals surface area contributed by atoms with Crippen molar-refractivity contribution in [2.24, 2.45) is 5.73 Å². The Kier molecular flexibility index (Phi) is 6.47. The molecule has 0 radical (unpaired) electrons. The normalized spacial score (nSPS) is 13.6. The van der Waals surface area contributed by atoms with Crippen LogP contribution in [0.1, 0.15) is 51.5 Å². The van der Waals surface area contributed by atoms with Crippen molar-refractivity contribution in [1.82, 2.24) is 14.9 Å². The van der Waals surface area contributed by atoms with Crippen LogP contribution in [-0.4, -0.2) is 24.7 Å². The highest BCUT2D eigenvalue weighted by Crippen LogP contribution is 2.13. The van der Waals surface area contributed by atoms with Gasteiger partial charge in [-0.2, -0.15) is 5.10 Å². The van der Waals surface area contributed by atoms with Crippen LogP contribution in [0.2, 0.25) is 0 Å². The van der Waals surface area contributed by atoms with Crippen molar-refractivity contribution in [2.75, 3.05) is 0 Å². The summed E-state index contributed by atoms with van der Waals surface area (Å²) in [4.78, 5) is 0. The minimum atomic E-state index is -3.55. The summed E-state index contributed by atoms with van der Waals surface area (Å²) < 4.78 is 26.9. The van der Waals surface area contributed by atoms with Crippen LogP contribution >= 0.6 is 0 Å². The summed E-state index contributed by atoms with van der Waals surface area (Å²) in [5.74, 6) is 0. The fraction of sp³-hybridized carbons (Fsp3) is 0.750. The average molecular weight is 288 g/mol. The molecule has 1 aromatic heterocycles. The summed E-state index contributed by atoms with van der Waals surface area (Å²) in [6.45, 7) is 4.18. The van der Waals surface area contributed by atoms with Gasteiger partial charge in [0.05, 0.1) is 6.20 Å². The third-order valence-corrected chi connectivity index (χ3v) is 4.62. The minimum absolute atomic E-state index is 0.0791. The fourth-order valence-electron chi connectivity index (χ4n) is 1.94. The molecule has 0 aliphatic rings. The van der Waals surface area contributed by atoms with E-state index in [0.29, 0.717) is 5.56 Å². The Bertz CT molecular complexity index is 470. The summed E-state index contributed by atoms with van der Waals surface area (Å²) in [7, 11) is -3.55. The number of nitrogens with one attached hydrogen (secondary N) is 2. The van der Waals surface area contributed by atoms with Crippen LogP contribution in [-0.2, 0) is 16.6 Å². The minimum Gasteiger partial charge on any atom is -0.326 e. The molecule has 6 nitrogen and oxygen atoms in total. The molecule has 1 atom stereocenters. The van der Waals surface area contributed by atoms with Gasteiger partial charge in [0, 0.05) is 18.2 Å². The number of sulfonamides is 1. The van der Waals surface area contributed by atoms with Crippen LogP contribution in [0.3, 0.4) is 0 Å². The van der Waals surface area contributed by atoms with Crippen LogP contribution in [0.25, 0.3) is 0 Å². The van der Waals surface area contributed by atoms with Crippen LogP contribution in [0, 0.1) is 0 Å². The third-order valence-electron chi connectivity index (χ3n) is 3.01. The van der Waals surface area contributed by atoms with Crippen molar-refractivity contribution < 1.29 is 8.42 Å². The number of nitrogens with zero attached hydrogens (tertiary/aromatic N) is 1. The highest BCUT2D eigenvalue weighted by Gasteiger charge is 2.21. The lowest BCUT2D eigenvalue weighted by molar-refractivity contribution is 0.519. The van der Waals surface area contributed by atoms with E-state index in [1.54, 1.807) is 0 Å². The molecule has 0 fully saturated rings. The smallest absolute Gasteiger partial charge is 0.258 e. The molecule has 0 spiro atoms. The van der Waals surface area contributed by atoms with Crippen LogP contribution < -0.4 is 10.5 Å². The van der Waals surface area contributed by atoms with Gasteiger partial charge < -0.3 is 5.73 Å². The van der Waals surface area contributed by atoms with Gasteiger partial charge in [-0.15, -0.1) is 0 Å². The van der Waals surface area contributed by atoms with Crippen molar-refractivity contribution in [3.8, 4) is 0 Å². The lowest BCUT2D eigenvalue weighted by Crippen LogP contribution is -2.33. The quantitative estimate of drug-likeness (QED) is 0.599. The first kappa shape index (κ1) is 16.1. The second-order valence-corrected chi connectivity index (χ2v) is 6.45. The van der Waals surface area contributed by atoms with E-state index >= 15 is 0 Å². The predicted octanol–water partition coefficient (Wildman–Crippen LogP) is 1.51. The van der Waals surface area contributed by atoms with Gasteiger partial charge in [0.1, 0.15) is 0 Å². The maximum absolute atomic E-state index is 12.1. The van der Waals surface area contributed by atoms with E-state index in [4.69, 9.17) is 5.73 Å². The number of aromatic amines is 1. The van der Waals surface area contributed by atoms with Gasteiger partial charge in [0.2, 0.25) is 0 Å². The zero-order valence-corrected chi connectivity index (χ0v) is 12.5. The molecule has 0 aliphatic heterocycles. The van der Waals surface area contributed by atoms with Gasteiger partial charge in [-0.1, -0.05) is 32.6 Å². The average Bonchev–Trinajstić information content (AvgIpc) is 2.83. The summed E-state index contributed by atoms with van der Waals surface area (Å²) in [6.07, 6.45) is 6.82. The second kappa shape index (κ2) is 7.62. The maximum Gasteiger partial charge on any atom is 0.258 e. The standard InChI is InChI=1S/C12H24N4O2S/c1-3-4-5-6-7-10(2)16-19(17,18)12-11(8-13)9-14-15-12/h9-10,16H,3-8,13H2,1-2H3,(H,14,15). The zero-order valence-electron chi connectivity index (χ0n) is 11.6. The van der Waals surface area contributed by atoms with Gasteiger partial charge in [-0.3, -0.25) is 5.10 Å². The molecular weight excluding hydrogens is 264 g/mol. The number of unbranched alkanes of at least 4 members (excludes halogenated alkanes) is 3. The van der Waals surface area contributed by atoms with Gasteiger partial charge in [-0.25, -0.2) is 13.1 Å². The molecule has 7 heteroatoms. The summed E-state index contributed by atoms with van der Waals surface area (Å²) >= 11 is 0. The van der Waals surface area contributed by atoms with E-state index < -0.39 is 10.0 Å². The summed E-state index contributed by atoms with van der Waals surface area (Å²) in [5.41, 5.74) is 5.99. The number of rotatable bonds is 9. The molecule has 1 unspecified atom stereocenters. The zero-order chi connectivity index (χ0) is 14.3. The lowest BCUT2D eigenvalue weighted by Gasteiger charge is -2.13. The first-order valence-corrected chi connectivity index (χ1v) is 8.24. The van der Waals surface area contributed by atoms with Crippen molar-refractivity contribution in [2.45, 2.75) is 63.6 Å². The molecular formula is C12H24N4O2S. The van der Waals surface area contributed by atoms with Gasteiger partial charge in [-0.05, 0) is 13.3 Å². The summed E-state index contributed by atoms with van der Waals surface area (Å²) in [6, 6.07) is -0.0872. The van der Waals surface area contributed by atoms with E-state index in [-0.39, 0.29) is 17.6 Å². The van der Waals surface area contributed by atoms with Gasteiger partial charge >= 0.3 is 0 Å². The largest absolute Gasteiger partial charge is 0.326 e. The summed E-state index contributed by atoms with van der Waals surface area (Å²) in [5, 5.41) is 6.31. The molecule has 0 saturated heterocycles. The first-order chi connectivity index (χ1) is 9.01. The fourth-order valence-corrected chi connectivity index (χ4v) is 3.36. The Balaban J connectivity index is 2.55. The van der Waals surface area contributed by atoms with Crippen molar-refractivity contribution >= 4 is 10.0 Å². The predicted molar refractivity (Wildman–Crippen MR) is 75.0 cm³/mol. The van der Waals surface area contributed by atoms with E-state index in [0.717, 1.165) is 19.3 Å². The molecule has 0 saturated carbocycles. The SMILES string of the molecule is CCCCCCC(C)NS(=O)(=O)c1[nH]ncc1CN. The van der Waals surface area contributed by atoms with Crippen LogP contribution in [0.15, 0.2) is 11.2 Å². The van der Waals surface area contributed by atoms with Crippen LogP contribution in [0.5, 0.6) is 0 Å². The Morgan fingerprint density at radius 3 is 2.79 bits per heavy atom. The maximum atomic E-state index is 12.1. The number of hydrogen-bond acceptors (Lipinski definition) is 4. The van der Waals surface area contributed by atoms with Crippen molar-refractivity contribution in [3.63, 3.8) is 0 Å². The van der Waals surface area contributed by atoms with E-state index in [9.17, 15) is 8.42 Å². The topological polar surface area (TPSA) is 101 Å². The Hall–Kier alpha value is -0.920. The highest BCUT2D eigenvalue weighted by molar-refractivity contribution is 7.89. The molecule has 0 bridgehead atoms. The molecule has 110 valence electrons. The highest BCUT2D eigenvalue weighted by atomic mass is 32.2. The van der Waals surface area contributed by atoms with Crippen molar-refractivity contribution in [1.29, 1.82) is 0 Å². The molecule has 1 aromatic rings. The Labute approximate surface area is 115 Å². The molecule has 0 amide bonds. The van der Waals surface area contributed by atoms with Crippen LogP contribution in [0.4, 0.5) is 0 Å². The molecule has 1 heterocycles. The van der Waals surface area contributed by atoms with Crippen molar-refractivity contribution in [3.05, 3.63) is 11.8 Å². The molecule has 1 rings (SSSR count). The molecule has 0 aliphatic carbocycles. The Morgan fingerprint density at radius 2 is 2.16 bits per heavy atom. The lowest BCUT2D eigenvalue weighted by atomic mass is 10.1. The third kappa shape index (κ3) is 4.93. The van der Waals surface area contributed by atoms with Gasteiger partial charge in [0.25, 0.3) is 10.0 Å². The number of hydrogen-bond donors (Lipinski definition) is 3.